The predicted molar refractivity (Wildman–Crippen MR) is 132 cm³/mol. The molecule has 3 aromatic carbocycles. The fourth-order valence-corrected chi connectivity index (χ4v) is 4.32. The van der Waals surface area contributed by atoms with Crippen molar-refractivity contribution in [1.82, 2.24) is 20.1 Å². The molecule has 2 heterocycles. The van der Waals surface area contributed by atoms with Crippen LogP contribution in [0.3, 0.4) is 0 Å². The van der Waals surface area contributed by atoms with Crippen LogP contribution in [0.25, 0.3) is 22.0 Å². The van der Waals surface area contributed by atoms with Crippen molar-refractivity contribution in [3.63, 3.8) is 0 Å². The van der Waals surface area contributed by atoms with Crippen molar-refractivity contribution in [2.45, 2.75) is 12.5 Å². The van der Waals surface area contributed by atoms with E-state index < -0.39 is 17.7 Å². The molecule has 35 heavy (non-hydrogen) atoms. The number of aromatic nitrogens is 3. The van der Waals surface area contributed by atoms with Crippen LogP contribution in [0, 0.1) is 11.6 Å². The zero-order chi connectivity index (χ0) is 24.4. The van der Waals surface area contributed by atoms with Crippen LogP contribution in [-0.2, 0) is 13.5 Å². The monoisotopic (exact) mass is 470 g/mol. The third-order valence-corrected chi connectivity index (χ3v) is 6.14. The summed E-state index contributed by atoms with van der Waals surface area (Å²) in [6.45, 7) is 0.349. The molecule has 5 rings (SSSR count). The van der Waals surface area contributed by atoms with Gasteiger partial charge in [-0.2, -0.15) is 5.10 Å². The Morgan fingerprint density at radius 1 is 1.06 bits per heavy atom. The van der Waals surface area contributed by atoms with E-state index in [4.69, 9.17) is 0 Å². The van der Waals surface area contributed by atoms with Crippen LogP contribution >= 0.6 is 0 Å². The molecule has 0 spiro atoms. The Morgan fingerprint density at radius 3 is 2.63 bits per heavy atom. The van der Waals surface area contributed by atoms with Gasteiger partial charge in [0.25, 0.3) is 0 Å². The first-order valence-corrected chi connectivity index (χ1v) is 11.4. The summed E-state index contributed by atoms with van der Waals surface area (Å²) in [6, 6.07) is 18.3. The first kappa shape index (κ1) is 22.7. The van der Waals surface area contributed by atoms with Gasteiger partial charge in [0, 0.05) is 54.1 Å². The number of nitrogens with one attached hydrogen (secondary N) is 2. The maximum absolute atomic E-state index is 14.1. The molecule has 0 aliphatic rings. The number of fused-ring (bicyclic) bond motifs is 1. The average molecular weight is 471 g/mol. The summed E-state index contributed by atoms with van der Waals surface area (Å²) in [5.74, 6) is -1.28. The van der Waals surface area contributed by atoms with Crippen molar-refractivity contribution in [3.05, 3.63) is 114 Å². The third-order valence-electron chi connectivity index (χ3n) is 6.14. The lowest BCUT2D eigenvalue weighted by Crippen LogP contribution is -2.30. The molecule has 5 aromatic rings. The molecule has 0 aliphatic carbocycles. The van der Waals surface area contributed by atoms with Gasteiger partial charge in [0.1, 0.15) is 11.6 Å². The second-order valence-corrected chi connectivity index (χ2v) is 8.51. The Kier molecular flexibility index (Phi) is 6.25. The summed E-state index contributed by atoms with van der Waals surface area (Å²) < 4.78 is 29.0. The van der Waals surface area contributed by atoms with E-state index in [1.807, 2.05) is 61.8 Å². The number of aryl methyl sites for hydroxylation is 1. The maximum atomic E-state index is 14.1. The number of benzene rings is 3. The van der Waals surface area contributed by atoms with Gasteiger partial charge < -0.3 is 10.3 Å². The van der Waals surface area contributed by atoms with Gasteiger partial charge in [-0.1, -0.05) is 48.5 Å². The number of Topliss-reactive ketones (excluding diaryl/α,β-unsaturated/α-hetero) is 1. The SMILES string of the molecule is Cn1cc(-c2ccc3c(C(=O)C(NCCc4ccc(F)cc4F)c4ccccc4)c[nH]c3c2)cn1. The summed E-state index contributed by atoms with van der Waals surface area (Å²) in [7, 11) is 1.87. The van der Waals surface area contributed by atoms with Crippen LogP contribution in [0.1, 0.15) is 27.5 Å². The predicted octanol–water partition coefficient (Wildman–Crippen LogP) is 5.60. The molecule has 176 valence electrons. The van der Waals surface area contributed by atoms with Gasteiger partial charge in [0.15, 0.2) is 5.78 Å². The molecule has 7 heteroatoms. The molecule has 2 aromatic heterocycles. The minimum absolute atomic E-state index is 0.0869. The molecule has 0 fully saturated rings. The highest BCUT2D eigenvalue weighted by Gasteiger charge is 2.24. The minimum atomic E-state index is -0.614. The van der Waals surface area contributed by atoms with Crippen LogP contribution in [-0.4, -0.2) is 27.1 Å². The number of hydrogen-bond donors (Lipinski definition) is 2. The van der Waals surface area contributed by atoms with Gasteiger partial charge in [-0.25, -0.2) is 8.78 Å². The summed E-state index contributed by atoms with van der Waals surface area (Å²) in [5, 5.41) is 8.34. The van der Waals surface area contributed by atoms with Crippen molar-refractivity contribution in [1.29, 1.82) is 0 Å². The fraction of sp³-hybridized carbons (Fsp3) is 0.143. The lowest BCUT2D eigenvalue weighted by atomic mass is 9.96. The van der Waals surface area contributed by atoms with E-state index in [-0.39, 0.29) is 5.78 Å². The van der Waals surface area contributed by atoms with E-state index in [0.29, 0.717) is 24.1 Å². The van der Waals surface area contributed by atoms with Crippen molar-refractivity contribution >= 4 is 16.7 Å². The highest BCUT2D eigenvalue weighted by molar-refractivity contribution is 6.11. The normalized spacial score (nSPS) is 12.2. The Hall–Kier alpha value is -4.10. The number of H-pyrrole nitrogens is 1. The van der Waals surface area contributed by atoms with Crippen molar-refractivity contribution in [2.75, 3.05) is 6.54 Å². The van der Waals surface area contributed by atoms with Crippen LogP contribution < -0.4 is 5.32 Å². The van der Waals surface area contributed by atoms with Crippen LogP contribution in [0.4, 0.5) is 8.78 Å². The van der Waals surface area contributed by atoms with Crippen molar-refractivity contribution in [3.8, 4) is 11.1 Å². The minimum Gasteiger partial charge on any atom is -0.360 e. The van der Waals surface area contributed by atoms with Gasteiger partial charge in [-0.05, 0) is 35.2 Å². The number of carbonyl (C=O) groups excluding carboxylic acids is 1. The van der Waals surface area contributed by atoms with Crippen LogP contribution in [0.2, 0.25) is 0 Å². The zero-order valence-electron chi connectivity index (χ0n) is 19.1. The van der Waals surface area contributed by atoms with Gasteiger partial charge in [0.2, 0.25) is 0 Å². The number of halogens is 2. The number of rotatable bonds is 8. The highest BCUT2D eigenvalue weighted by Crippen LogP contribution is 2.29. The Morgan fingerprint density at radius 2 is 1.89 bits per heavy atom. The molecule has 0 saturated heterocycles. The molecular formula is C28H24F2N4O. The molecule has 0 amide bonds. The first-order valence-electron chi connectivity index (χ1n) is 11.4. The molecule has 1 atom stereocenters. The molecule has 0 aliphatic heterocycles. The summed E-state index contributed by atoms with van der Waals surface area (Å²) in [5.41, 5.74) is 4.65. The smallest absolute Gasteiger partial charge is 0.186 e. The van der Waals surface area contributed by atoms with Gasteiger partial charge in [-0.3, -0.25) is 9.48 Å². The van der Waals surface area contributed by atoms with Gasteiger partial charge in [0.05, 0.1) is 12.2 Å². The van der Waals surface area contributed by atoms with Crippen LogP contribution in [0.5, 0.6) is 0 Å². The second-order valence-electron chi connectivity index (χ2n) is 8.51. The van der Waals surface area contributed by atoms with E-state index in [1.165, 1.54) is 12.1 Å². The lowest BCUT2D eigenvalue weighted by Gasteiger charge is -2.18. The fourth-order valence-electron chi connectivity index (χ4n) is 4.32. The zero-order valence-corrected chi connectivity index (χ0v) is 19.1. The Bertz CT molecular complexity index is 1490. The molecule has 0 radical (unpaired) electrons. The highest BCUT2D eigenvalue weighted by atomic mass is 19.1. The Balaban J connectivity index is 1.41. The summed E-state index contributed by atoms with van der Waals surface area (Å²) in [4.78, 5) is 16.9. The maximum Gasteiger partial charge on any atom is 0.186 e. The number of hydrogen-bond acceptors (Lipinski definition) is 3. The number of carbonyl (C=O) groups is 1. The number of aromatic amines is 1. The molecule has 1 unspecified atom stereocenters. The largest absolute Gasteiger partial charge is 0.360 e. The molecule has 5 nitrogen and oxygen atoms in total. The van der Waals surface area contributed by atoms with E-state index in [1.54, 1.807) is 17.1 Å². The standard InChI is InChI=1S/C28H24F2N4O/c1-34-17-21(15-33-34)20-8-10-23-24(16-32-26(23)13-20)28(35)27(19-5-3-2-4-6-19)31-12-11-18-7-9-22(29)14-25(18)30/h2-10,13-17,27,31-32H,11-12H2,1H3. The van der Waals surface area contributed by atoms with E-state index in [2.05, 4.69) is 15.4 Å². The van der Waals surface area contributed by atoms with E-state index in [0.717, 1.165) is 33.7 Å². The lowest BCUT2D eigenvalue weighted by molar-refractivity contribution is 0.0945. The average Bonchev–Trinajstić information content (AvgIpc) is 3.49. The number of ketones is 1. The molecule has 2 N–H and O–H groups in total. The number of nitrogens with zero attached hydrogens (tertiary/aromatic N) is 2. The van der Waals surface area contributed by atoms with E-state index in [9.17, 15) is 13.6 Å². The molecule has 0 bridgehead atoms. The van der Waals surface area contributed by atoms with Crippen molar-refractivity contribution in [2.24, 2.45) is 7.05 Å². The van der Waals surface area contributed by atoms with Gasteiger partial charge in [-0.15, -0.1) is 0 Å². The molecular weight excluding hydrogens is 446 g/mol. The second kappa shape index (κ2) is 9.64. The van der Waals surface area contributed by atoms with Crippen LogP contribution in [0.15, 0.2) is 85.3 Å². The summed E-state index contributed by atoms with van der Waals surface area (Å²) >= 11 is 0. The quantitative estimate of drug-likeness (QED) is 0.290. The van der Waals surface area contributed by atoms with Gasteiger partial charge >= 0.3 is 0 Å². The first-order chi connectivity index (χ1) is 17.0. The van der Waals surface area contributed by atoms with E-state index >= 15 is 0 Å². The van der Waals surface area contributed by atoms with Crippen molar-refractivity contribution < 1.29 is 13.6 Å². The molecule has 0 saturated carbocycles. The third kappa shape index (κ3) is 4.76. The Labute approximate surface area is 201 Å². The topological polar surface area (TPSA) is 62.7 Å². The summed E-state index contributed by atoms with van der Waals surface area (Å²) in [6.07, 6.45) is 5.80.